The molecule has 142 valence electrons. The summed E-state index contributed by atoms with van der Waals surface area (Å²) in [5, 5.41) is 1.85. The van der Waals surface area contributed by atoms with Crippen LogP contribution in [0, 0.1) is 0 Å². The number of fused-ring (bicyclic) bond motifs is 2. The number of carbonyl (C=O) groups excluding carboxylic acids is 2. The van der Waals surface area contributed by atoms with Crippen LogP contribution in [0.5, 0.6) is 0 Å². The molecule has 2 N–H and O–H groups in total. The smallest absolute Gasteiger partial charge is 0.270 e. The van der Waals surface area contributed by atoms with Crippen LogP contribution in [-0.4, -0.2) is 30.3 Å². The van der Waals surface area contributed by atoms with Crippen molar-refractivity contribution in [3.8, 4) is 0 Å². The molecule has 1 atom stereocenters. The Morgan fingerprint density at radius 3 is 2.61 bits per heavy atom. The third kappa shape index (κ3) is 3.62. The number of amides is 2. The quantitative estimate of drug-likeness (QED) is 0.693. The highest BCUT2D eigenvalue weighted by Crippen LogP contribution is 2.30. The summed E-state index contributed by atoms with van der Waals surface area (Å²) in [6.45, 7) is 0.914. The van der Waals surface area contributed by atoms with Gasteiger partial charge in [-0.25, -0.2) is 0 Å². The van der Waals surface area contributed by atoms with Gasteiger partial charge in [-0.1, -0.05) is 60.7 Å². The van der Waals surface area contributed by atoms with Crippen LogP contribution in [-0.2, 0) is 11.2 Å². The van der Waals surface area contributed by atoms with E-state index in [4.69, 9.17) is 0 Å². The minimum absolute atomic E-state index is 0.0133. The van der Waals surface area contributed by atoms with Crippen molar-refractivity contribution in [1.82, 2.24) is 15.8 Å². The first kappa shape index (κ1) is 18.2. The lowest BCUT2D eigenvalue weighted by atomic mass is 9.91. The summed E-state index contributed by atoms with van der Waals surface area (Å²) < 4.78 is 0. The van der Waals surface area contributed by atoms with Crippen LogP contribution in [0.25, 0.3) is 10.8 Å². The molecule has 2 amide bonds. The fraction of sp³-hybridized carbons (Fsp3) is 0.217. The summed E-state index contributed by atoms with van der Waals surface area (Å²) in [6.07, 6.45) is 1.28. The van der Waals surface area contributed by atoms with Crippen LogP contribution in [0.2, 0.25) is 0 Å². The van der Waals surface area contributed by atoms with Crippen molar-refractivity contribution in [1.29, 1.82) is 0 Å². The molecule has 0 bridgehead atoms. The average Bonchev–Trinajstić information content (AvgIpc) is 2.73. The first-order valence-electron chi connectivity index (χ1n) is 9.48. The molecule has 4 rings (SSSR count). The predicted molar refractivity (Wildman–Crippen MR) is 110 cm³/mol. The average molecular weight is 373 g/mol. The Labute approximate surface area is 164 Å². The molecule has 0 saturated carbocycles. The van der Waals surface area contributed by atoms with Crippen LogP contribution in [0.4, 0.5) is 0 Å². The van der Waals surface area contributed by atoms with Gasteiger partial charge in [0.2, 0.25) is 5.91 Å². The topological polar surface area (TPSA) is 61.4 Å². The molecule has 5 nitrogen and oxygen atoms in total. The Morgan fingerprint density at radius 1 is 0.964 bits per heavy atom. The molecule has 3 aromatic carbocycles. The normalized spacial score (nSPS) is 16.4. The van der Waals surface area contributed by atoms with E-state index in [2.05, 4.69) is 27.9 Å². The second-order valence-corrected chi connectivity index (χ2v) is 7.18. The van der Waals surface area contributed by atoms with Gasteiger partial charge < -0.3 is 0 Å². The zero-order valence-electron chi connectivity index (χ0n) is 15.8. The first-order chi connectivity index (χ1) is 13.6. The number of hydrogen-bond acceptors (Lipinski definition) is 3. The molecule has 0 spiro atoms. The molecule has 1 unspecified atom stereocenters. The zero-order chi connectivity index (χ0) is 19.5. The fourth-order valence-electron chi connectivity index (χ4n) is 3.89. The van der Waals surface area contributed by atoms with Crippen molar-refractivity contribution in [2.45, 2.75) is 18.9 Å². The Hall–Kier alpha value is -3.18. The lowest BCUT2D eigenvalue weighted by molar-refractivity contribution is -0.123. The highest BCUT2D eigenvalue weighted by Gasteiger charge is 2.26. The van der Waals surface area contributed by atoms with Gasteiger partial charge in [0.15, 0.2) is 0 Å². The van der Waals surface area contributed by atoms with E-state index in [1.807, 2.05) is 55.6 Å². The molecule has 0 aromatic heterocycles. The van der Waals surface area contributed by atoms with Gasteiger partial charge in [-0.3, -0.25) is 25.3 Å². The standard InChI is InChI=1S/C23H23N3O2/c1-26-14-13-17-8-3-5-11-19(17)21(26)15-22(27)24-25-23(28)20-12-6-9-16-7-2-4-10-18(16)20/h2-12,21H,13-15H2,1H3,(H,24,27)(H,25,28). The Balaban J connectivity index is 1.43. The van der Waals surface area contributed by atoms with Gasteiger partial charge >= 0.3 is 0 Å². The summed E-state index contributed by atoms with van der Waals surface area (Å²) in [4.78, 5) is 27.3. The van der Waals surface area contributed by atoms with E-state index in [-0.39, 0.29) is 17.9 Å². The lowest BCUT2D eigenvalue weighted by Gasteiger charge is -2.34. The highest BCUT2D eigenvalue weighted by molar-refractivity contribution is 6.07. The molecule has 3 aromatic rings. The van der Waals surface area contributed by atoms with Crippen LogP contribution in [0.3, 0.4) is 0 Å². The fourth-order valence-corrected chi connectivity index (χ4v) is 3.89. The van der Waals surface area contributed by atoms with E-state index < -0.39 is 0 Å². The number of carbonyl (C=O) groups is 2. The third-order valence-electron chi connectivity index (χ3n) is 5.41. The van der Waals surface area contributed by atoms with Gasteiger partial charge in [-0.15, -0.1) is 0 Å². The van der Waals surface area contributed by atoms with Crippen molar-refractivity contribution < 1.29 is 9.59 Å². The Morgan fingerprint density at radius 2 is 1.71 bits per heavy atom. The second-order valence-electron chi connectivity index (χ2n) is 7.18. The second kappa shape index (κ2) is 7.82. The molecule has 1 aliphatic heterocycles. The molecule has 0 fully saturated rings. The van der Waals surface area contributed by atoms with E-state index >= 15 is 0 Å². The number of nitrogens with one attached hydrogen (secondary N) is 2. The van der Waals surface area contributed by atoms with Gasteiger partial charge in [0, 0.05) is 24.6 Å². The van der Waals surface area contributed by atoms with E-state index in [1.165, 1.54) is 11.1 Å². The number of hydrogen-bond donors (Lipinski definition) is 2. The molecule has 5 heteroatoms. The van der Waals surface area contributed by atoms with Crippen LogP contribution < -0.4 is 10.9 Å². The number of hydrazine groups is 1. The van der Waals surface area contributed by atoms with Gasteiger partial charge in [0.1, 0.15) is 0 Å². The Bertz CT molecular complexity index is 1030. The van der Waals surface area contributed by atoms with Crippen molar-refractivity contribution in [3.05, 3.63) is 83.4 Å². The van der Waals surface area contributed by atoms with Crippen LogP contribution >= 0.6 is 0 Å². The zero-order valence-corrected chi connectivity index (χ0v) is 15.8. The SMILES string of the molecule is CN1CCc2ccccc2C1CC(=O)NNC(=O)c1cccc2ccccc12. The number of likely N-dealkylation sites (N-methyl/N-ethyl adjacent to an activating group) is 1. The van der Waals surface area contributed by atoms with Gasteiger partial charge in [-0.05, 0) is 41.4 Å². The van der Waals surface area contributed by atoms with E-state index in [9.17, 15) is 9.59 Å². The van der Waals surface area contributed by atoms with Crippen LogP contribution in [0.15, 0.2) is 66.7 Å². The molecule has 0 saturated heterocycles. The third-order valence-corrected chi connectivity index (χ3v) is 5.41. The molecular formula is C23H23N3O2. The number of nitrogens with zero attached hydrogens (tertiary/aromatic N) is 1. The first-order valence-corrected chi connectivity index (χ1v) is 9.48. The van der Waals surface area contributed by atoms with E-state index in [1.54, 1.807) is 6.07 Å². The molecular weight excluding hydrogens is 350 g/mol. The van der Waals surface area contributed by atoms with Crippen molar-refractivity contribution in [2.75, 3.05) is 13.6 Å². The summed E-state index contributed by atoms with van der Waals surface area (Å²) >= 11 is 0. The van der Waals surface area contributed by atoms with Crippen molar-refractivity contribution in [3.63, 3.8) is 0 Å². The minimum atomic E-state index is -0.317. The number of rotatable bonds is 3. The summed E-state index contributed by atoms with van der Waals surface area (Å²) in [5.41, 5.74) is 8.16. The predicted octanol–water partition coefficient (Wildman–Crippen LogP) is 3.22. The van der Waals surface area contributed by atoms with Gasteiger partial charge in [0.05, 0.1) is 0 Å². The maximum atomic E-state index is 12.6. The van der Waals surface area contributed by atoms with Crippen molar-refractivity contribution >= 4 is 22.6 Å². The molecule has 0 radical (unpaired) electrons. The minimum Gasteiger partial charge on any atom is -0.299 e. The van der Waals surface area contributed by atoms with Gasteiger partial charge in [-0.2, -0.15) is 0 Å². The monoisotopic (exact) mass is 373 g/mol. The van der Waals surface area contributed by atoms with Gasteiger partial charge in [0.25, 0.3) is 5.91 Å². The van der Waals surface area contributed by atoms with Crippen molar-refractivity contribution in [2.24, 2.45) is 0 Å². The highest BCUT2D eigenvalue weighted by atomic mass is 16.2. The Kier molecular flexibility index (Phi) is 5.08. The summed E-state index contributed by atoms with van der Waals surface area (Å²) in [6, 6.07) is 21.5. The maximum Gasteiger partial charge on any atom is 0.270 e. The molecule has 1 heterocycles. The van der Waals surface area contributed by atoms with E-state index in [0.717, 1.165) is 23.7 Å². The summed E-state index contributed by atoms with van der Waals surface area (Å²) in [5.74, 6) is -0.523. The van der Waals surface area contributed by atoms with Crippen LogP contribution in [0.1, 0.15) is 33.9 Å². The van der Waals surface area contributed by atoms with E-state index in [0.29, 0.717) is 12.0 Å². The largest absolute Gasteiger partial charge is 0.299 e. The number of benzene rings is 3. The molecule has 28 heavy (non-hydrogen) atoms. The molecule has 1 aliphatic rings. The molecule has 0 aliphatic carbocycles. The lowest BCUT2D eigenvalue weighted by Crippen LogP contribution is -2.44. The maximum absolute atomic E-state index is 12.6. The summed E-state index contributed by atoms with van der Waals surface area (Å²) in [7, 11) is 2.03.